The lowest BCUT2D eigenvalue weighted by molar-refractivity contribution is -0.261. The number of hydrogen-bond donors (Lipinski definition) is 1. The summed E-state index contributed by atoms with van der Waals surface area (Å²) in [5.74, 6) is 3.82. The first-order valence-corrected chi connectivity index (χ1v) is 18.3. The Labute approximate surface area is 261 Å². The molecule has 2 saturated heterocycles. The zero-order valence-corrected chi connectivity index (χ0v) is 28.0. The monoisotopic (exact) mass is 602 g/mol. The van der Waals surface area contributed by atoms with Gasteiger partial charge in [0, 0.05) is 19.6 Å². The minimum absolute atomic E-state index is 0.0199. The van der Waals surface area contributed by atoms with Gasteiger partial charge in [0.15, 0.2) is 18.4 Å². The van der Waals surface area contributed by atoms with E-state index >= 15 is 0 Å². The van der Waals surface area contributed by atoms with Gasteiger partial charge in [0.05, 0.1) is 12.2 Å². The van der Waals surface area contributed by atoms with Crippen LogP contribution < -0.4 is 0 Å². The van der Waals surface area contributed by atoms with E-state index in [1.807, 2.05) is 0 Å². The number of carbonyl (C=O) groups excluding carboxylic acids is 1. The maximum Gasteiger partial charge on any atom is 0.163 e. The van der Waals surface area contributed by atoms with Gasteiger partial charge in [-0.05, 0) is 156 Å². The number of hydrogen-bond acceptors (Lipinski definition) is 6. The SMILES string of the molecule is C[C@H](CCC(=O)C(C)(C)O)[C@H]1CC[C@H]2[C@@H]3C[C@H](OC4CCCCO4)[C@@H]4C[C@H](OC5CCCCO5)CC[C@]4(C)[C@H]3CC[C@]12C. The number of ketones is 1. The topological polar surface area (TPSA) is 74.2 Å². The third-order valence-electron chi connectivity index (χ3n) is 13.8. The van der Waals surface area contributed by atoms with Gasteiger partial charge < -0.3 is 24.1 Å². The third kappa shape index (κ3) is 6.53. The minimum Gasteiger partial charge on any atom is -0.383 e. The number of Topliss-reactive ketones (excluding diaryl/α,β-unsaturated/α-hetero) is 1. The lowest BCUT2D eigenvalue weighted by atomic mass is 9.43. The van der Waals surface area contributed by atoms with Gasteiger partial charge in [-0.2, -0.15) is 0 Å². The summed E-state index contributed by atoms with van der Waals surface area (Å²) >= 11 is 0. The highest BCUT2D eigenvalue weighted by molar-refractivity contribution is 5.86. The third-order valence-corrected chi connectivity index (χ3v) is 13.8. The smallest absolute Gasteiger partial charge is 0.163 e. The molecule has 0 radical (unpaired) electrons. The molecule has 6 rings (SSSR count). The van der Waals surface area contributed by atoms with Crippen LogP contribution >= 0.6 is 0 Å². The van der Waals surface area contributed by atoms with Crippen molar-refractivity contribution < 1.29 is 28.8 Å². The highest BCUT2D eigenvalue weighted by Gasteiger charge is 2.63. The molecule has 43 heavy (non-hydrogen) atoms. The first-order chi connectivity index (χ1) is 20.5. The van der Waals surface area contributed by atoms with E-state index in [0.717, 1.165) is 76.4 Å². The standard InChI is InChI=1S/C37H62O6/c1-24(12-15-32(38)35(2,3)39)27-13-14-28-26-23-31(43-34-11-7-9-21-41-34)30-22-25(42-33-10-6-8-20-40-33)16-18-37(30,5)29(26)17-19-36(27,28)4/h24-31,33-34,39H,6-23H2,1-5H3/t24-,25-,26+,27-,28+,29+,30+,31+,33?,34?,36-,37-/m1/s1. The van der Waals surface area contributed by atoms with Gasteiger partial charge in [0.2, 0.25) is 0 Å². The second-order valence-electron chi connectivity index (χ2n) is 16.8. The summed E-state index contributed by atoms with van der Waals surface area (Å²) in [6.07, 6.45) is 18.4. The molecule has 12 atom stereocenters. The second-order valence-corrected chi connectivity index (χ2v) is 16.8. The van der Waals surface area contributed by atoms with Crippen molar-refractivity contribution >= 4 is 5.78 Å². The van der Waals surface area contributed by atoms with Crippen molar-refractivity contribution in [3.05, 3.63) is 0 Å². The summed E-state index contributed by atoms with van der Waals surface area (Å²) in [4.78, 5) is 12.5. The lowest BCUT2D eigenvalue weighted by Gasteiger charge is -2.63. The predicted molar refractivity (Wildman–Crippen MR) is 167 cm³/mol. The highest BCUT2D eigenvalue weighted by Crippen LogP contribution is 2.69. The van der Waals surface area contributed by atoms with Gasteiger partial charge in [-0.15, -0.1) is 0 Å². The van der Waals surface area contributed by atoms with Gasteiger partial charge in [-0.1, -0.05) is 20.8 Å². The normalized spacial score (nSPS) is 46.0. The van der Waals surface area contributed by atoms with E-state index in [0.29, 0.717) is 35.5 Å². The molecule has 0 aromatic rings. The molecule has 2 aliphatic heterocycles. The van der Waals surface area contributed by atoms with Gasteiger partial charge in [0.1, 0.15) is 5.60 Å². The van der Waals surface area contributed by atoms with Crippen LogP contribution in [-0.2, 0) is 23.7 Å². The van der Waals surface area contributed by atoms with Crippen LogP contribution in [0.1, 0.15) is 137 Å². The molecule has 6 fully saturated rings. The van der Waals surface area contributed by atoms with Crippen LogP contribution in [0.15, 0.2) is 0 Å². The predicted octanol–water partition coefficient (Wildman–Crippen LogP) is 7.84. The minimum atomic E-state index is -1.22. The summed E-state index contributed by atoms with van der Waals surface area (Å²) in [6.45, 7) is 12.5. The zero-order valence-electron chi connectivity index (χ0n) is 28.0. The fourth-order valence-electron chi connectivity index (χ4n) is 11.4. The molecule has 0 bridgehead atoms. The lowest BCUT2D eigenvalue weighted by Crippen LogP contribution is -2.59. The average molecular weight is 603 g/mol. The average Bonchev–Trinajstić information content (AvgIpc) is 3.34. The van der Waals surface area contributed by atoms with Crippen LogP contribution in [0.3, 0.4) is 0 Å². The maximum atomic E-state index is 12.5. The Bertz CT molecular complexity index is 949. The summed E-state index contributed by atoms with van der Waals surface area (Å²) in [5.41, 5.74) is -0.621. The Morgan fingerprint density at radius 3 is 2.14 bits per heavy atom. The summed E-state index contributed by atoms with van der Waals surface area (Å²) < 4.78 is 25.9. The summed E-state index contributed by atoms with van der Waals surface area (Å²) in [5, 5.41) is 10.2. The van der Waals surface area contributed by atoms with Crippen molar-refractivity contribution in [2.45, 2.75) is 168 Å². The molecular weight excluding hydrogens is 540 g/mol. The van der Waals surface area contributed by atoms with E-state index in [1.165, 1.54) is 44.9 Å². The van der Waals surface area contributed by atoms with E-state index in [9.17, 15) is 9.90 Å². The van der Waals surface area contributed by atoms with E-state index in [1.54, 1.807) is 13.8 Å². The summed E-state index contributed by atoms with van der Waals surface area (Å²) in [7, 11) is 0. The number of rotatable bonds is 9. The Hall–Kier alpha value is -0.530. The maximum absolute atomic E-state index is 12.5. The van der Waals surface area contributed by atoms with Gasteiger partial charge >= 0.3 is 0 Å². The molecule has 6 aliphatic rings. The molecule has 1 N–H and O–H groups in total. The summed E-state index contributed by atoms with van der Waals surface area (Å²) in [6, 6.07) is 0. The number of carbonyl (C=O) groups is 1. The van der Waals surface area contributed by atoms with Crippen LogP contribution in [0.4, 0.5) is 0 Å². The van der Waals surface area contributed by atoms with E-state index in [2.05, 4.69) is 20.8 Å². The van der Waals surface area contributed by atoms with Crippen LogP contribution in [-0.4, -0.2) is 54.5 Å². The van der Waals surface area contributed by atoms with Crippen molar-refractivity contribution in [3.8, 4) is 0 Å². The zero-order chi connectivity index (χ0) is 30.4. The highest BCUT2D eigenvalue weighted by atomic mass is 16.7. The molecular formula is C37H62O6. The van der Waals surface area contributed by atoms with E-state index < -0.39 is 5.60 Å². The van der Waals surface area contributed by atoms with Crippen LogP contribution in [0.25, 0.3) is 0 Å². The van der Waals surface area contributed by atoms with Crippen molar-refractivity contribution in [1.82, 2.24) is 0 Å². The van der Waals surface area contributed by atoms with Crippen molar-refractivity contribution in [1.29, 1.82) is 0 Å². The molecule has 246 valence electrons. The first kappa shape index (κ1) is 32.4. The van der Waals surface area contributed by atoms with Crippen molar-refractivity contribution in [2.24, 2.45) is 46.3 Å². The van der Waals surface area contributed by atoms with E-state index in [-0.39, 0.29) is 36.0 Å². The Morgan fingerprint density at radius 1 is 0.837 bits per heavy atom. The quantitative estimate of drug-likeness (QED) is 0.271. The van der Waals surface area contributed by atoms with Crippen LogP contribution in [0.5, 0.6) is 0 Å². The van der Waals surface area contributed by atoms with Crippen molar-refractivity contribution in [2.75, 3.05) is 13.2 Å². The molecule has 2 unspecified atom stereocenters. The molecule has 0 aromatic carbocycles. The first-order valence-electron chi connectivity index (χ1n) is 18.3. The number of ether oxygens (including phenoxy) is 4. The molecule has 2 heterocycles. The van der Waals surface area contributed by atoms with Gasteiger partial charge in [-0.3, -0.25) is 4.79 Å². The number of aliphatic hydroxyl groups is 1. The second kappa shape index (κ2) is 12.9. The molecule has 0 aromatic heterocycles. The van der Waals surface area contributed by atoms with Crippen LogP contribution in [0.2, 0.25) is 0 Å². The largest absolute Gasteiger partial charge is 0.383 e. The molecule has 0 amide bonds. The van der Waals surface area contributed by atoms with Gasteiger partial charge in [-0.25, -0.2) is 0 Å². The molecule has 4 aliphatic carbocycles. The fourth-order valence-corrected chi connectivity index (χ4v) is 11.4. The fraction of sp³-hybridized carbons (Fsp3) is 0.973. The van der Waals surface area contributed by atoms with Crippen molar-refractivity contribution in [3.63, 3.8) is 0 Å². The molecule has 0 spiro atoms. The number of fused-ring (bicyclic) bond motifs is 5. The van der Waals surface area contributed by atoms with E-state index in [4.69, 9.17) is 18.9 Å². The van der Waals surface area contributed by atoms with Crippen LogP contribution in [0, 0.1) is 46.3 Å². The molecule has 6 heteroatoms. The Kier molecular flexibility index (Phi) is 9.75. The molecule has 4 saturated carbocycles. The Balaban J connectivity index is 1.19. The van der Waals surface area contributed by atoms with Gasteiger partial charge in [0.25, 0.3) is 0 Å². The Morgan fingerprint density at radius 2 is 1.49 bits per heavy atom. The molecule has 6 nitrogen and oxygen atoms in total.